The zero-order valence-electron chi connectivity index (χ0n) is 11.4. The number of hydrogen-bond donors (Lipinski definition) is 1. The van der Waals surface area contributed by atoms with Crippen molar-refractivity contribution in [2.45, 2.75) is 18.9 Å². The van der Waals surface area contributed by atoms with Crippen LogP contribution in [0, 0.1) is 0 Å². The van der Waals surface area contributed by atoms with E-state index in [1.807, 2.05) is 24.3 Å². The molecule has 0 saturated carbocycles. The highest BCUT2D eigenvalue weighted by Crippen LogP contribution is 2.17. The molecule has 1 aliphatic heterocycles. The molecule has 1 N–H and O–H groups in total. The Morgan fingerprint density at radius 3 is 2.47 bits per heavy atom. The molecule has 5 heteroatoms. The number of nitrogens with zero attached hydrogens (tertiary/aromatic N) is 2. The number of piperidine rings is 1. The zero-order valence-corrected chi connectivity index (χ0v) is 13.0. The zero-order chi connectivity index (χ0) is 13.8. The van der Waals surface area contributed by atoms with Gasteiger partial charge in [-0.1, -0.05) is 11.6 Å². The average molecular weight is 298 g/mol. The highest BCUT2D eigenvalue weighted by molar-refractivity contribution is 7.80. The average Bonchev–Trinajstić information content (AvgIpc) is 2.41. The van der Waals surface area contributed by atoms with Crippen LogP contribution in [0.3, 0.4) is 0 Å². The lowest BCUT2D eigenvalue weighted by molar-refractivity contribution is 0.193. The van der Waals surface area contributed by atoms with Gasteiger partial charge in [-0.2, -0.15) is 0 Å². The van der Waals surface area contributed by atoms with Crippen molar-refractivity contribution in [1.29, 1.82) is 0 Å². The lowest BCUT2D eigenvalue weighted by Gasteiger charge is -2.36. The van der Waals surface area contributed by atoms with E-state index in [1.165, 1.54) is 0 Å². The van der Waals surface area contributed by atoms with E-state index in [-0.39, 0.29) is 0 Å². The van der Waals surface area contributed by atoms with Crippen molar-refractivity contribution in [3.63, 3.8) is 0 Å². The third-order valence-corrected chi connectivity index (χ3v) is 4.29. The van der Waals surface area contributed by atoms with Crippen LogP contribution in [0.1, 0.15) is 12.8 Å². The smallest absolute Gasteiger partial charge is 0.173 e. The third-order valence-electron chi connectivity index (χ3n) is 3.65. The summed E-state index contributed by atoms with van der Waals surface area (Å²) in [4.78, 5) is 4.54. The summed E-state index contributed by atoms with van der Waals surface area (Å²) in [6.45, 7) is 2.27. The monoisotopic (exact) mass is 297 g/mol. The largest absolute Gasteiger partial charge is 0.349 e. The van der Waals surface area contributed by atoms with E-state index in [9.17, 15) is 0 Å². The Bertz CT molecular complexity index is 427. The summed E-state index contributed by atoms with van der Waals surface area (Å²) in [6.07, 6.45) is 2.32. The lowest BCUT2D eigenvalue weighted by atomic mass is 10.0. The Kier molecular flexibility index (Phi) is 5.02. The summed E-state index contributed by atoms with van der Waals surface area (Å²) in [5.74, 6) is 0. The lowest BCUT2D eigenvalue weighted by Crippen LogP contribution is -2.45. The first-order valence-electron chi connectivity index (χ1n) is 6.54. The maximum atomic E-state index is 5.87. The summed E-state index contributed by atoms with van der Waals surface area (Å²) in [5.41, 5.74) is 0.981. The van der Waals surface area contributed by atoms with E-state index in [0.29, 0.717) is 6.04 Å². The van der Waals surface area contributed by atoms with Gasteiger partial charge in [-0.3, -0.25) is 0 Å². The van der Waals surface area contributed by atoms with E-state index < -0.39 is 0 Å². The van der Waals surface area contributed by atoms with Gasteiger partial charge in [-0.05, 0) is 69.5 Å². The van der Waals surface area contributed by atoms with Gasteiger partial charge in [0.25, 0.3) is 0 Å². The van der Waals surface area contributed by atoms with Crippen molar-refractivity contribution in [2.24, 2.45) is 0 Å². The molecule has 0 spiro atoms. The van der Waals surface area contributed by atoms with Crippen LogP contribution in [0.5, 0.6) is 0 Å². The van der Waals surface area contributed by atoms with Crippen molar-refractivity contribution in [2.75, 3.05) is 32.5 Å². The van der Waals surface area contributed by atoms with Crippen LogP contribution in [-0.4, -0.2) is 48.1 Å². The standard InChI is InChI=1S/C14H20ClN3S/c1-17-9-7-13(8-10-17)18(2)14(19)16-12-5-3-11(15)4-6-12/h3-6,13H,7-10H2,1-2H3,(H,16,19). The first-order chi connectivity index (χ1) is 9.06. The van der Waals surface area contributed by atoms with Crippen LogP contribution in [-0.2, 0) is 0 Å². The molecule has 1 aliphatic rings. The number of halogens is 1. The minimum absolute atomic E-state index is 0.531. The van der Waals surface area contributed by atoms with Gasteiger partial charge in [0.05, 0.1) is 0 Å². The number of likely N-dealkylation sites (tertiary alicyclic amines) is 1. The first-order valence-corrected chi connectivity index (χ1v) is 7.33. The van der Waals surface area contributed by atoms with E-state index in [4.69, 9.17) is 23.8 Å². The molecule has 1 aromatic rings. The number of hydrogen-bond acceptors (Lipinski definition) is 2. The molecule has 3 nitrogen and oxygen atoms in total. The molecular weight excluding hydrogens is 278 g/mol. The quantitative estimate of drug-likeness (QED) is 0.845. The molecule has 0 amide bonds. The molecule has 2 rings (SSSR count). The fourth-order valence-electron chi connectivity index (χ4n) is 2.29. The van der Waals surface area contributed by atoms with Gasteiger partial charge in [-0.25, -0.2) is 0 Å². The molecule has 1 fully saturated rings. The van der Waals surface area contributed by atoms with Crippen molar-refractivity contribution < 1.29 is 0 Å². The predicted molar refractivity (Wildman–Crippen MR) is 86.0 cm³/mol. The molecule has 1 aromatic carbocycles. The van der Waals surface area contributed by atoms with Crippen molar-refractivity contribution in [3.05, 3.63) is 29.3 Å². The van der Waals surface area contributed by atoms with Crippen LogP contribution < -0.4 is 5.32 Å². The number of thiocarbonyl (C=S) groups is 1. The first kappa shape index (κ1) is 14.6. The number of rotatable bonds is 2. The molecule has 19 heavy (non-hydrogen) atoms. The van der Waals surface area contributed by atoms with E-state index in [0.717, 1.165) is 41.8 Å². The normalized spacial score (nSPS) is 17.2. The SMILES string of the molecule is CN1CCC(N(C)C(=S)Nc2ccc(Cl)cc2)CC1. The maximum Gasteiger partial charge on any atom is 0.173 e. The summed E-state index contributed by atoms with van der Waals surface area (Å²) in [6, 6.07) is 8.14. The summed E-state index contributed by atoms with van der Waals surface area (Å²) in [5, 5.41) is 4.77. The summed E-state index contributed by atoms with van der Waals surface area (Å²) in [7, 11) is 4.24. The molecule has 1 heterocycles. The molecule has 1 saturated heterocycles. The van der Waals surface area contributed by atoms with Gasteiger partial charge < -0.3 is 15.1 Å². The van der Waals surface area contributed by atoms with E-state index in [1.54, 1.807) is 0 Å². The van der Waals surface area contributed by atoms with E-state index >= 15 is 0 Å². The van der Waals surface area contributed by atoms with Gasteiger partial charge >= 0.3 is 0 Å². The second-order valence-corrected chi connectivity index (χ2v) is 5.91. The summed E-state index contributed by atoms with van der Waals surface area (Å²) >= 11 is 11.3. The summed E-state index contributed by atoms with van der Waals surface area (Å²) < 4.78 is 0. The number of anilines is 1. The van der Waals surface area contributed by atoms with Gasteiger partial charge in [0.2, 0.25) is 0 Å². The fraction of sp³-hybridized carbons (Fsp3) is 0.500. The highest BCUT2D eigenvalue weighted by Gasteiger charge is 2.22. The van der Waals surface area contributed by atoms with Crippen LogP contribution in [0.2, 0.25) is 5.02 Å². The highest BCUT2D eigenvalue weighted by atomic mass is 35.5. The minimum atomic E-state index is 0.531. The van der Waals surface area contributed by atoms with Crippen molar-refractivity contribution >= 4 is 34.6 Å². The van der Waals surface area contributed by atoms with Crippen LogP contribution >= 0.6 is 23.8 Å². The molecule has 0 atom stereocenters. The van der Waals surface area contributed by atoms with E-state index in [2.05, 4.69) is 29.2 Å². The van der Waals surface area contributed by atoms with Gasteiger partial charge in [0.1, 0.15) is 0 Å². The third kappa shape index (κ3) is 4.06. The molecule has 0 aliphatic carbocycles. The maximum absolute atomic E-state index is 5.87. The molecule has 104 valence electrons. The Hall–Kier alpha value is -0.840. The Morgan fingerprint density at radius 1 is 1.32 bits per heavy atom. The van der Waals surface area contributed by atoms with Crippen molar-refractivity contribution in [3.8, 4) is 0 Å². The Labute approximate surface area is 125 Å². The van der Waals surface area contributed by atoms with Gasteiger partial charge in [-0.15, -0.1) is 0 Å². The second kappa shape index (κ2) is 6.55. The van der Waals surface area contributed by atoms with Gasteiger partial charge in [0, 0.05) is 23.8 Å². The molecule has 0 aromatic heterocycles. The molecule has 0 bridgehead atoms. The second-order valence-electron chi connectivity index (χ2n) is 5.08. The molecular formula is C14H20ClN3S. The van der Waals surface area contributed by atoms with Crippen LogP contribution in [0.25, 0.3) is 0 Å². The number of benzene rings is 1. The Morgan fingerprint density at radius 2 is 1.89 bits per heavy atom. The predicted octanol–water partition coefficient (Wildman–Crippen LogP) is 3.06. The fourth-order valence-corrected chi connectivity index (χ4v) is 2.69. The van der Waals surface area contributed by atoms with Gasteiger partial charge in [0.15, 0.2) is 5.11 Å². The molecule has 0 unspecified atom stereocenters. The van der Waals surface area contributed by atoms with Crippen LogP contribution in [0.15, 0.2) is 24.3 Å². The van der Waals surface area contributed by atoms with Crippen LogP contribution in [0.4, 0.5) is 5.69 Å². The number of nitrogens with one attached hydrogen (secondary N) is 1. The topological polar surface area (TPSA) is 18.5 Å². The molecule has 0 radical (unpaired) electrons. The minimum Gasteiger partial charge on any atom is -0.349 e. The Balaban J connectivity index is 1.90. The van der Waals surface area contributed by atoms with Crippen molar-refractivity contribution in [1.82, 2.24) is 9.80 Å².